The molecule has 0 atom stereocenters. The fourth-order valence-corrected chi connectivity index (χ4v) is 3.18. The van der Waals surface area contributed by atoms with Crippen LogP contribution >= 0.6 is 24.0 Å². The number of carbonyl (C=O) groups is 2. The molecule has 1 aliphatic heterocycles. The smallest absolute Gasteiger partial charge is 0.254 e. The highest BCUT2D eigenvalue weighted by Crippen LogP contribution is 2.09. The average molecular weight is 539 g/mol. The van der Waals surface area contributed by atoms with Crippen LogP contribution in [0.1, 0.15) is 21.5 Å². The van der Waals surface area contributed by atoms with E-state index in [0.717, 1.165) is 11.1 Å². The highest BCUT2D eigenvalue weighted by molar-refractivity contribution is 14.0. The van der Waals surface area contributed by atoms with Crippen molar-refractivity contribution in [2.75, 3.05) is 33.2 Å². The van der Waals surface area contributed by atoms with Crippen LogP contribution in [-0.4, -0.2) is 55.9 Å². The maximum atomic E-state index is 13.2. The summed E-state index contributed by atoms with van der Waals surface area (Å²) in [6.45, 7) is 2.27. The largest absolute Gasteiger partial charge is 0.356 e. The van der Waals surface area contributed by atoms with Gasteiger partial charge in [0.1, 0.15) is 5.82 Å². The number of nitrogens with one attached hydrogen (secondary N) is 3. The summed E-state index contributed by atoms with van der Waals surface area (Å²) in [5, 5.41) is 9.13. The fourth-order valence-electron chi connectivity index (χ4n) is 3.18. The molecule has 2 aromatic rings. The monoisotopic (exact) mass is 539 g/mol. The molecule has 0 aliphatic carbocycles. The maximum Gasteiger partial charge on any atom is 0.254 e. The van der Waals surface area contributed by atoms with Gasteiger partial charge in [0.25, 0.3) is 5.91 Å². The van der Waals surface area contributed by atoms with Crippen LogP contribution in [0, 0.1) is 5.82 Å². The molecular weight excluding hydrogens is 512 g/mol. The van der Waals surface area contributed by atoms with Crippen LogP contribution in [0.3, 0.4) is 0 Å². The number of nitrogens with zero attached hydrogens (tertiary/aromatic N) is 2. The van der Waals surface area contributed by atoms with Gasteiger partial charge in [-0.3, -0.25) is 14.6 Å². The molecule has 1 fully saturated rings. The maximum absolute atomic E-state index is 13.2. The summed E-state index contributed by atoms with van der Waals surface area (Å²) in [5.41, 5.74) is 2.48. The van der Waals surface area contributed by atoms with Gasteiger partial charge in [-0.1, -0.05) is 24.3 Å². The standard InChI is InChI=1S/C22H26FN5O2.HI/c1-24-22(26-10-9-16-3-2-4-19(23)13-16)27-14-17-5-7-18(8-6-17)21(30)28-12-11-25-20(29)15-28;/h2-8,13H,9-12,14-15H2,1H3,(H,25,29)(H2,24,26,27);1H. The summed E-state index contributed by atoms with van der Waals surface area (Å²) >= 11 is 0. The van der Waals surface area contributed by atoms with Crippen LogP contribution in [0.4, 0.5) is 4.39 Å². The summed E-state index contributed by atoms with van der Waals surface area (Å²) in [6, 6.07) is 13.8. The summed E-state index contributed by atoms with van der Waals surface area (Å²) in [6.07, 6.45) is 0.684. The second-order valence-electron chi connectivity index (χ2n) is 7.01. The molecule has 0 unspecified atom stereocenters. The molecule has 0 radical (unpaired) electrons. The summed E-state index contributed by atoms with van der Waals surface area (Å²) < 4.78 is 13.2. The Bertz CT molecular complexity index is 920. The van der Waals surface area contributed by atoms with Crippen molar-refractivity contribution in [1.29, 1.82) is 0 Å². The van der Waals surface area contributed by atoms with Crippen molar-refractivity contribution >= 4 is 41.8 Å². The molecular formula is C22H27FIN5O2. The van der Waals surface area contributed by atoms with Crippen LogP contribution in [0.5, 0.6) is 0 Å². The molecule has 0 spiro atoms. The Morgan fingerprint density at radius 3 is 2.61 bits per heavy atom. The van der Waals surface area contributed by atoms with Crippen LogP contribution in [0.2, 0.25) is 0 Å². The molecule has 31 heavy (non-hydrogen) atoms. The zero-order chi connectivity index (χ0) is 21.3. The molecule has 9 heteroatoms. The molecule has 1 aliphatic rings. The fraction of sp³-hybridized carbons (Fsp3) is 0.318. The molecule has 3 rings (SSSR count). The Balaban J connectivity index is 0.00000341. The molecule has 3 N–H and O–H groups in total. The SMILES string of the molecule is CN=C(NCCc1cccc(F)c1)NCc1ccc(C(=O)N2CCNC(=O)C2)cc1.I. The molecule has 1 saturated heterocycles. The van der Waals surface area contributed by atoms with Gasteiger partial charge in [0.05, 0.1) is 6.54 Å². The Hall–Kier alpha value is -2.69. The number of aliphatic imine (C=N–C) groups is 1. The van der Waals surface area contributed by atoms with Crippen molar-refractivity contribution in [2.24, 2.45) is 4.99 Å². The summed E-state index contributed by atoms with van der Waals surface area (Å²) in [5.74, 6) is 0.136. The normalized spacial score (nSPS) is 13.8. The van der Waals surface area contributed by atoms with E-state index in [1.54, 1.807) is 30.1 Å². The lowest BCUT2D eigenvalue weighted by molar-refractivity contribution is -0.123. The van der Waals surface area contributed by atoms with Gasteiger partial charge in [-0.05, 0) is 41.8 Å². The number of halogens is 2. The van der Waals surface area contributed by atoms with E-state index in [9.17, 15) is 14.0 Å². The van der Waals surface area contributed by atoms with Crippen molar-refractivity contribution in [3.05, 3.63) is 71.0 Å². The number of rotatable bonds is 6. The Labute approximate surface area is 198 Å². The van der Waals surface area contributed by atoms with E-state index in [-0.39, 0.29) is 48.2 Å². The first-order chi connectivity index (χ1) is 14.5. The minimum atomic E-state index is -0.236. The molecule has 2 amide bonds. The second kappa shape index (κ2) is 12.2. The van der Waals surface area contributed by atoms with Crippen molar-refractivity contribution in [2.45, 2.75) is 13.0 Å². The van der Waals surface area contributed by atoms with Crippen LogP contribution in [-0.2, 0) is 17.8 Å². The number of hydrogen-bond acceptors (Lipinski definition) is 3. The molecule has 166 valence electrons. The van der Waals surface area contributed by atoms with E-state index in [2.05, 4.69) is 20.9 Å². The quantitative estimate of drug-likeness (QED) is 0.298. The van der Waals surface area contributed by atoms with Gasteiger partial charge < -0.3 is 20.9 Å². The molecule has 0 bridgehead atoms. The van der Waals surface area contributed by atoms with Gasteiger partial charge in [-0.25, -0.2) is 4.39 Å². The van der Waals surface area contributed by atoms with Gasteiger partial charge in [0.2, 0.25) is 5.91 Å². The number of hydrogen-bond donors (Lipinski definition) is 3. The number of piperazine rings is 1. The van der Waals surface area contributed by atoms with Gasteiger partial charge >= 0.3 is 0 Å². The summed E-state index contributed by atoms with van der Waals surface area (Å²) in [7, 11) is 1.69. The van der Waals surface area contributed by atoms with Crippen molar-refractivity contribution in [3.8, 4) is 0 Å². The first-order valence-electron chi connectivity index (χ1n) is 9.89. The number of benzene rings is 2. The van der Waals surface area contributed by atoms with Crippen LogP contribution < -0.4 is 16.0 Å². The Kier molecular flexibility index (Phi) is 9.70. The van der Waals surface area contributed by atoms with E-state index in [1.807, 2.05) is 18.2 Å². The minimum absolute atomic E-state index is 0. The average Bonchev–Trinajstić information content (AvgIpc) is 2.76. The van der Waals surface area contributed by atoms with E-state index in [1.165, 1.54) is 12.1 Å². The van der Waals surface area contributed by atoms with Crippen molar-refractivity contribution < 1.29 is 14.0 Å². The first-order valence-corrected chi connectivity index (χ1v) is 9.89. The third-order valence-electron chi connectivity index (χ3n) is 4.81. The van der Waals surface area contributed by atoms with Crippen molar-refractivity contribution in [3.63, 3.8) is 0 Å². The van der Waals surface area contributed by atoms with Crippen molar-refractivity contribution in [1.82, 2.24) is 20.9 Å². The highest BCUT2D eigenvalue weighted by atomic mass is 127. The van der Waals surface area contributed by atoms with Gasteiger partial charge in [-0.15, -0.1) is 24.0 Å². The number of amides is 2. The lowest BCUT2D eigenvalue weighted by Gasteiger charge is -2.26. The number of guanidine groups is 1. The second-order valence-corrected chi connectivity index (χ2v) is 7.01. The molecule has 1 heterocycles. The first kappa shape index (κ1) is 24.6. The van der Waals surface area contributed by atoms with Gasteiger partial charge in [0.15, 0.2) is 5.96 Å². The molecule has 0 saturated carbocycles. The van der Waals surface area contributed by atoms with E-state index >= 15 is 0 Å². The van der Waals surface area contributed by atoms with E-state index < -0.39 is 0 Å². The molecule has 0 aromatic heterocycles. The minimum Gasteiger partial charge on any atom is -0.356 e. The third kappa shape index (κ3) is 7.50. The predicted molar refractivity (Wildman–Crippen MR) is 129 cm³/mol. The Morgan fingerprint density at radius 2 is 1.94 bits per heavy atom. The predicted octanol–water partition coefficient (Wildman–Crippen LogP) is 1.92. The van der Waals surface area contributed by atoms with Crippen LogP contribution in [0.25, 0.3) is 0 Å². The van der Waals surface area contributed by atoms with E-state index in [4.69, 9.17) is 0 Å². The highest BCUT2D eigenvalue weighted by Gasteiger charge is 2.22. The van der Waals surface area contributed by atoms with Gasteiger partial charge in [-0.2, -0.15) is 0 Å². The van der Waals surface area contributed by atoms with Crippen LogP contribution in [0.15, 0.2) is 53.5 Å². The van der Waals surface area contributed by atoms with E-state index in [0.29, 0.717) is 44.1 Å². The summed E-state index contributed by atoms with van der Waals surface area (Å²) in [4.78, 5) is 29.7. The molecule has 7 nitrogen and oxygen atoms in total. The Morgan fingerprint density at radius 1 is 1.16 bits per heavy atom. The lowest BCUT2D eigenvalue weighted by atomic mass is 10.1. The zero-order valence-corrected chi connectivity index (χ0v) is 19.7. The molecule has 2 aromatic carbocycles. The zero-order valence-electron chi connectivity index (χ0n) is 17.4. The number of carbonyl (C=O) groups excluding carboxylic acids is 2. The topological polar surface area (TPSA) is 85.8 Å². The van der Waals surface area contributed by atoms with Gasteiger partial charge in [0, 0.05) is 38.8 Å². The third-order valence-corrected chi connectivity index (χ3v) is 4.81. The lowest BCUT2D eigenvalue weighted by Crippen LogP contribution is -2.49.